The Labute approximate surface area is 219 Å². The minimum atomic E-state index is -4.80. The highest BCUT2D eigenvalue weighted by molar-refractivity contribution is 5.99. The van der Waals surface area contributed by atoms with Crippen LogP contribution in [0.1, 0.15) is 106 Å². The molecule has 0 radical (unpaired) electrons. The second-order valence-electron chi connectivity index (χ2n) is 11.8. The smallest absolute Gasteiger partial charge is 0.423 e. The lowest BCUT2D eigenvalue weighted by molar-refractivity contribution is -0.140. The van der Waals surface area contributed by atoms with Crippen LogP contribution in [0.2, 0.25) is 0 Å². The van der Waals surface area contributed by atoms with E-state index in [2.05, 4.69) is 12.7 Å². The maximum atomic E-state index is 13.6. The van der Waals surface area contributed by atoms with Gasteiger partial charge >= 0.3 is 6.18 Å². The van der Waals surface area contributed by atoms with Crippen molar-refractivity contribution in [3.8, 4) is 11.5 Å². The van der Waals surface area contributed by atoms with Crippen LogP contribution in [-0.2, 0) is 6.18 Å². The van der Waals surface area contributed by atoms with Crippen LogP contribution in [0.5, 0.6) is 11.5 Å². The monoisotopic (exact) mass is 520 g/mol. The third-order valence-electron chi connectivity index (χ3n) is 9.69. The van der Waals surface area contributed by atoms with Crippen LogP contribution in [0.4, 0.5) is 13.2 Å². The molecule has 1 aromatic carbocycles. The number of alkyl halides is 3. The fourth-order valence-electron chi connectivity index (χ4n) is 7.52. The van der Waals surface area contributed by atoms with Crippen LogP contribution in [0.15, 0.2) is 24.8 Å². The number of carbonyl (C=O) groups excluding carboxylic acids is 1. The summed E-state index contributed by atoms with van der Waals surface area (Å²) in [6, 6.07) is 2.42. The first-order valence-electron chi connectivity index (χ1n) is 14.4. The summed E-state index contributed by atoms with van der Waals surface area (Å²) in [6.45, 7) is 5.59. The molecule has 1 aromatic rings. The van der Waals surface area contributed by atoms with Crippen molar-refractivity contribution in [2.75, 3.05) is 6.61 Å². The van der Waals surface area contributed by atoms with Crippen LogP contribution < -0.4 is 4.74 Å². The highest BCUT2D eigenvalue weighted by atomic mass is 19.4. The minimum absolute atomic E-state index is 0.0391. The number of halogens is 3. The topological polar surface area (TPSA) is 46.5 Å². The van der Waals surface area contributed by atoms with E-state index in [-0.39, 0.29) is 24.5 Å². The number of allylic oxidation sites excluding steroid dienone is 1. The number of benzene rings is 1. The van der Waals surface area contributed by atoms with Gasteiger partial charge in [0.05, 0.1) is 12.2 Å². The zero-order valence-corrected chi connectivity index (χ0v) is 22.2. The fourth-order valence-corrected chi connectivity index (χ4v) is 7.52. The average molecular weight is 521 g/mol. The Hall–Kier alpha value is -1.98. The quantitative estimate of drug-likeness (QED) is 0.275. The van der Waals surface area contributed by atoms with Gasteiger partial charge in [0.25, 0.3) is 0 Å². The number of aromatic hydroxyl groups is 1. The average Bonchev–Trinajstić information content (AvgIpc) is 2.89. The van der Waals surface area contributed by atoms with E-state index >= 15 is 0 Å². The highest BCUT2D eigenvalue weighted by Crippen LogP contribution is 2.47. The van der Waals surface area contributed by atoms with Crippen LogP contribution in [0.25, 0.3) is 0 Å². The summed E-state index contributed by atoms with van der Waals surface area (Å²) < 4.78 is 45.7. The molecule has 0 saturated heterocycles. The number of ketones is 1. The minimum Gasteiger partial charge on any atom is -0.506 e. The van der Waals surface area contributed by atoms with Gasteiger partial charge in [-0.3, -0.25) is 4.79 Å². The number of rotatable bonds is 8. The van der Waals surface area contributed by atoms with Gasteiger partial charge in [-0.2, -0.15) is 13.2 Å². The van der Waals surface area contributed by atoms with Crippen molar-refractivity contribution < 1.29 is 27.8 Å². The molecular formula is C31H43F3O3. The van der Waals surface area contributed by atoms with E-state index in [0.29, 0.717) is 5.92 Å². The molecule has 0 aliphatic heterocycles. The second kappa shape index (κ2) is 12.3. The Morgan fingerprint density at radius 2 is 1.41 bits per heavy atom. The van der Waals surface area contributed by atoms with Crippen molar-refractivity contribution in [3.05, 3.63) is 35.9 Å². The third-order valence-corrected chi connectivity index (χ3v) is 9.69. The number of hydrogen-bond donors (Lipinski definition) is 1. The van der Waals surface area contributed by atoms with Gasteiger partial charge in [-0.1, -0.05) is 6.08 Å². The Morgan fingerprint density at radius 1 is 0.919 bits per heavy atom. The molecule has 3 aliphatic rings. The normalized spacial score (nSPS) is 31.0. The summed E-state index contributed by atoms with van der Waals surface area (Å²) in [5.74, 6) is 2.30. The van der Waals surface area contributed by atoms with Crippen molar-refractivity contribution >= 4 is 5.78 Å². The van der Waals surface area contributed by atoms with E-state index in [4.69, 9.17) is 4.74 Å². The summed E-state index contributed by atoms with van der Waals surface area (Å²) in [5, 5.41) is 10.4. The number of Topliss-reactive ketones (excluding diaryl/α,β-unsaturated/α-hetero) is 1. The van der Waals surface area contributed by atoms with Gasteiger partial charge < -0.3 is 9.84 Å². The van der Waals surface area contributed by atoms with Gasteiger partial charge in [0.2, 0.25) is 0 Å². The predicted octanol–water partition coefficient (Wildman–Crippen LogP) is 8.99. The number of ether oxygens (including phenoxy) is 1. The predicted molar refractivity (Wildman–Crippen MR) is 140 cm³/mol. The number of carbonyl (C=O) groups is 1. The molecule has 206 valence electrons. The Bertz CT molecular complexity index is 916. The lowest BCUT2D eigenvalue weighted by Crippen LogP contribution is -2.30. The van der Waals surface area contributed by atoms with Gasteiger partial charge in [0.1, 0.15) is 17.1 Å². The van der Waals surface area contributed by atoms with Crippen LogP contribution in [0.3, 0.4) is 0 Å². The Balaban J connectivity index is 1.26. The van der Waals surface area contributed by atoms with Gasteiger partial charge in [0, 0.05) is 6.42 Å². The molecule has 0 spiro atoms. The molecule has 0 unspecified atom stereocenters. The Morgan fingerprint density at radius 3 is 1.86 bits per heavy atom. The SMILES string of the molecule is C=CC1CCC(C2CCC(C3CCC(CC(=O)c4ccc(OCC)c(C(F)(F)F)c4O)CC3)CC2)CC1. The first-order chi connectivity index (χ1) is 17.7. The number of hydrogen-bond acceptors (Lipinski definition) is 3. The fraction of sp³-hybridized carbons (Fsp3) is 0.710. The molecule has 3 aliphatic carbocycles. The van der Waals surface area contributed by atoms with E-state index in [1.807, 2.05) is 0 Å². The van der Waals surface area contributed by atoms with E-state index in [1.165, 1.54) is 57.4 Å². The van der Waals surface area contributed by atoms with Crippen molar-refractivity contribution in [2.45, 2.75) is 96.6 Å². The van der Waals surface area contributed by atoms with Crippen LogP contribution in [0, 0.1) is 35.5 Å². The lowest BCUT2D eigenvalue weighted by Gasteiger charge is -2.41. The summed E-state index contributed by atoms with van der Waals surface area (Å²) in [5.41, 5.74) is -1.51. The molecule has 6 heteroatoms. The molecule has 0 heterocycles. The van der Waals surface area contributed by atoms with E-state index in [9.17, 15) is 23.1 Å². The van der Waals surface area contributed by atoms with Gasteiger partial charge in [-0.05, 0) is 132 Å². The molecule has 37 heavy (non-hydrogen) atoms. The summed E-state index contributed by atoms with van der Waals surface area (Å²) in [4.78, 5) is 12.9. The molecule has 4 rings (SSSR count). The van der Waals surface area contributed by atoms with Crippen molar-refractivity contribution in [3.63, 3.8) is 0 Å². The molecule has 1 N–H and O–H groups in total. The highest BCUT2D eigenvalue weighted by Gasteiger charge is 2.40. The zero-order valence-electron chi connectivity index (χ0n) is 22.2. The van der Waals surface area contributed by atoms with Gasteiger partial charge in [0.15, 0.2) is 5.78 Å². The summed E-state index contributed by atoms with van der Waals surface area (Å²) in [7, 11) is 0. The maximum absolute atomic E-state index is 13.6. The summed E-state index contributed by atoms with van der Waals surface area (Å²) >= 11 is 0. The zero-order chi connectivity index (χ0) is 26.6. The number of phenolic OH excluding ortho intramolecular Hbond substituents is 1. The van der Waals surface area contributed by atoms with Gasteiger partial charge in [-0.25, -0.2) is 0 Å². The molecular weight excluding hydrogens is 477 g/mol. The van der Waals surface area contributed by atoms with Gasteiger partial charge in [-0.15, -0.1) is 6.58 Å². The molecule has 3 fully saturated rings. The van der Waals surface area contributed by atoms with Crippen LogP contribution >= 0.6 is 0 Å². The van der Waals surface area contributed by atoms with E-state index < -0.39 is 29.0 Å². The lowest BCUT2D eigenvalue weighted by atomic mass is 9.65. The Kier molecular flexibility index (Phi) is 9.29. The molecule has 0 atom stereocenters. The molecule has 3 nitrogen and oxygen atoms in total. The second-order valence-corrected chi connectivity index (χ2v) is 11.8. The van der Waals surface area contributed by atoms with E-state index in [1.54, 1.807) is 6.92 Å². The number of phenols is 1. The largest absolute Gasteiger partial charge is 0.506 e. The molecule has 0 amide bonds. The summed E-state index contributed by atoms with van der Waals surface area (Å²) in [6.07, 6.45) is 12.3. The third kappa shape index (κ3) is 6.72. The maximum Gasteiger partial charge on any atom is 0.423 e. The van der Waals surface area contributed by atoms with E-state index in [0.717, 1.165) is 55.4 Å². The first kappa shape index (κ1) is 28.0. The standard InChI is InChI=1S/C31H43F3O3/c1-3-20-5-9-22(10-6-20)24-13-15-25(16-14-24)23-11-7-21(8-12-23)19-27(35)26-17-18-28(37-4-2)29(30(26)36)31(32,33)34/h3,17-18,20-25,36H,1,4-16,19H2,2H3. The first-order valence-corrected chi connectivity index (χ1v) is 14.4. The van der Waals surface area contributed by atoms with Crippen LogP contribution in [-0.4, -0.2) is 17.5 Å². The molecule has 0 aromatic heterocycles. The van der Waals surface area contributed by atoms with Crippen molar-refractivity contribution in [1.82, 2.24) is 0 Å². The van der Waals surface area contributed by atoms with Crippen molar-refractivity contribution in [1.29, 1.82) is 0 Å². The molecule has 0 bridgehead atoms. The molecule has 3 saturated carbocycles. The van der Waals surface area contributed by atoms with Crippen molar-refractivity contribution in [2.24, 2.45) is 35.5 Å².